The Morgan fingerprint density at radius 1 is 1.16 bits per heavy atom. The molecule has 1 atom stereocenters. The van der Waals surface area contributed by atoms with Crippen LogP contribution in [-0.2, 0) is 17.5 Å². The van der Waals surface area contributed by atoms with Gasteiger partial charge in [-0.05, 0) is 61.7 Å². The molecule has 1 aromatic heterocycles. The Morgan fingerprint density at radius 3 is 2.35 bits per heavy atom. The van der Waals surface area contributed by atoms with Crippen LogP contribution in [0.3, 0.4) is 0 Å². The van der Waals surface area contributed by atoms with Crippen LogP contribution < -0.4 is 15.6 Å². The van der Waals surface area contributed by atoms with Crippen molar-refractivity contribution in [2.45, 2.75) is 39.5 Å². The lowest BCUT2D eigenvalue weighted by molar-refractivity contribution is -0.142. The molecule has 0 spiro atoms. The molecule has 0 aliphatic carbocycles. The summed E-state index contributed by atoms with van der Waals surface area (Å²) >= 11 is 0. The van der Waals surface area contributed by atoms with E-state index in [1.165, 1.54) is 20.1 Å². The number of alkyl halides is 3. The molecule has 0 fully saturated rings. The van der Waals surface area contributed by atoms with Gasteiger partial charge in [-0.25, -0.2) is 4.98 Å². The number of nitrogens with one attached hydrogen (secondary N) is 1. The number of hydrogen-bond acceptors (Lipinski definition) is 4. The van der Waals surface area contributed by atoms with Crippen LogP contribution in [0.2, 0.25) is 0 Å². The molecule has 1 amide bonds. The van der Waals surface area contributed by atoms with Crippen LogP contribution >= 0.6 is 0 Å². The Bertz CT molecular complexity index is 1190. The Morgan fingerprint density at radius 2 is 1.77 bits per heavy atom. The van der Waals surface area contributed by atoms with E-state index in [1.54, 1.807) is 44.2 Å². The number of hydrogen-bond donors (Lipinski definition) is 1. The third-order valence-electron chi connectivity index (χ3n) is 5.17. The van der Waals surface area contributed by atoms with E-state index in [4.69, 9.17) is 4.74 Å². The topological polar surface area (TPSA) is 73.2 Å². The summed E-state index contributed by atoms with van der Waals surface area (Å²) in [6.45, 7) is 5.05. The summed E-state index contributed by atoms with van der Waals surface area (Å²) in [5.41, 5.74) is -0.440. The molecule has 0 radical (unpaired) electrons. The molecule has 31 heavy (non-hydrogen) atoms. The van der Waals surface area contributed by atoms with Gasteiger partial charge in [-0.3, -0.25) is 14.2 Å². The van der Waals surface area contributed by atoms with Crippen molar-refractivity contribution in [1.29, 1.82) is 0 Å². The number of aryl methyl sites for hydroxylation is 2. The minimum Gasteiger partial charge on any atom is -0.497 e. The van der Waals surface area contributed by atoms with Gasteiger partial charge in [-0.1, -0.05) is 12.1 Å². The van der Waals surface area contributed by atoms with Crippen LogP contribution in [0.5, 0.6) is 5.75 Å². The van der Waals surface area contributed by atoms with Gasteiger partial charge in [0.1, 0.15) is 11.8 Å². The molecule has 0 bridgehead atoms. The molecule has 0 saturated heterocycles. The van der Waals surface area contributed by atoms with E-state index in [0.717, 1.165) is 21.3 Å². The number of halogens is 3. The molecule has 0 aliphatic heterocycles. The van der Waals surface area contributed by atoms with Crippen LogP contribution in [0.4, 0.5) is 13.2 Å². The second kappa shape index (κ2) is 8.41. The molecule has 6 nitrogen and oxygen atoms in total. The summed E-state index contributed by atoms with van der Waals surface area (Å²) in [5, 5.41) is 2.67. The Kier molecular flexibility index (Phi) is 6.06. The van der Waals surface area contributed by atoms with Gasteiger partial charge in [0.15, 0.2) is 0 Å². The van der Waals surface area contributed by atoms with Crippen LogP contribution in [0, 0.1) is 13.8 Å². The first-order valence-corrected chi connectivity index (χ1v) is 9.54. The highest BCUT2D eigenvalue weighted by Gasteiger charge is 2.38. The smallest absolute Gasteiger partial charge is 0.438 e. The van der Waals surface area contributed by atoms with Gasteiger partial charge in [0, 0.05) is 6.54 Å². The summed E-state index contributed by atoms with van der Waals surface area (Å²) in [6.07, 6.45) is -4.94. The van der Waals surface area contributed by atoms with Gasteiger partial charge < -0.3 is 10.1 Å². The predicted molar refractivity (Wildman–Crippen MR) is 110 cm³/mol. The van der Waals surface area contributed by atoms with Crippen molar-refractivity contribution in [2.75, 3.05) is 7.11 Å². The van der Waals surface area contributed by atoms with E-state index in [9.17, 15) is 22.8 Å². The van der Waals surface area contributed by atoms with Crippen LogP contribution in [-0.4, -0.2) is 22.6 Å². The number of nitrogens with zero attached hydrogens (tertiary/aromatic N) is 2. The van der Waals surface area contributed by atoms with Crippen LogP contribution in [0.1, 0.15) is 35.3 Å². The van der Waals surface area contributed by atoms with Gasteiger partial charge in [0.05, 0.1) is 18.1 Å². The van der Waals surface area contributed by atoms with Crippen molar-refractivity contribution in [3.63, 3.8) is 0 Å². The zero-order valence-corrected chi connectivity index (χ0v) is 17.5. The van der Waals surface area contributed by atoms with Gasteiger partial charge in [0.2, 0.25) is 11.6 Å². The normalized spacial score (nSPS) is 12.6. The van der Waals surface area contributed by atoms with Crippen LogP contribution in [0.15, 0.2) is 41.2 Å². The number of aromatic nitrogens is 2. The molecule has 3 rings (SSSR count). The summed E-state index contributed by atoms with van der Waals surface area (Å²) in [4.78, 5) is 29.0. The van der Waals surface area contributed by atoms with Crippen LogP contribution in [0.25, 0.3) is 11.0 Å². The zero-order chi connectivity index (χ0) is 22.9. The number of fused-ring (bicyclic) bond motifs is 1. The summed E-state index contributed by atoms with van der Waals surface area (Å²) in [7, 11) is 1.54. The van der Waals surface area contributed by atoms with Crippen molar-refractivity contribution in [3.05, 3.63) is 69.1 Å². The number of carbonyl (C=O) groups is 1. The SMILES string of the molecule is COc1ccc(CNC(=O)C(C)n2c(=O)c(C(F)(F)F)nc3cc(C)c(C)cc32)cc1. The summed E-state index contributed by atoms with van der Waals surface area (Å²) < 4.78 is 46.3. The van der Waals surface area contributed by atoms with E-state index < -0.39 is 29.4 Å². The fourth-order valence-electron chi connectivity index (χ4n) is 3.23. The highest BCUT2D eigenvalue weighted by atomic mass is 19.4. The third kappa shape index (κ3) is 4.55. The summed E-state index contributed by atoms with van der Waals surface area (Å²) in [6, 6.07) is 8.85. The Labute approximate surface area is 176 Å². The number of ether oxygens (including phenoxy) is 1. The number of amides is 1. The van der Waals surface area contributed by atoms with Gasteiger partial charge in [-0.2, -0.15) is 13.2 Å². The monoisotopic (exact) mass is 433 g/mol. The average Bonchev–Trinajstić information content (AvgIpc) is 2.72. The van der Waals surface area contributed by atoms with Crippen molar-refractivity contribution in [3.8, 4) is 5.75 Å². The Balaban J connectivity index is 2.00. The van der Waals surface area contributed by atoms with Gasteiger partial charge in [-0.15, -0.1) is 0 Å². The number of carbonyl (C=O) groups excluding carboxylic acids is 1. The summed E-state index contributed by atoms with van der Waals surface area (Å²) in [5.74, 6) is 0.0698. The zero-order valence-electron chi connectivity index (χ0n) is 17.5. The fourth-order valence-corrected chi connectivity index (χ4v) is 3.23. The molecule has 1 N–H and O–H groups in total. The largest absolute Gasteiger partial charge is 0.497 e. The minimum atomic E-state index is -4.94. The molecule has 0 aliphatic rings. The molecule has 1 heterocycles. The second-order valence-corrected chi connectivity index (χ2v) is 7.30. The predicted octanol–water partition coefficient (Wildman–Crippen LogP) is 3.92. The van der Waals surface area contributed by atoms with Gasteiger partial charge in [0.25, 0.3) is 5.56 Å². The van der Waals surface area contributed by atoms with Crippen molar-refractivity contribution in [2.24, 2.45) is 0 Å². The van der Waals surface area contributed by atoms with E-state index >= 15 is 0 Å². The van der Waals surface area contributed by atoms with E-state index in [0.29, 0.717) is 5.75 Å². The molecule has 2 aromatic carbocycles. The van der Waals surface area contributed by atoms with E-state index in [1.807, 2.05) is 0 Å². The minimum absolute atomic E-state index is 0.00447. The van der Waals surface area contributed by atoms with Crippen molar-refractivity contribution in [1.82, 2.24) is 14.9 Å². The second-order valence-electron chi connectivity index (χ2n) is 7.30. The third-order valence-corrected chi connectivity index (χ3v) is 5.17. The number of methoxy groups -OCH3 is 1. The first-order valence-electron chi connectivity index (χ1n) is 9.54. The lowest BCUT2D eigenvalue weighted by Crippen LogP contribution is -2.39. The number of rotatable bonds is 5. The van der Waals surface area contributed by atoms with E-state index in [-0.39, 0.29) is 17.6 Å². The lowest BCUT2D eigenvalue weighted by Gasteiger charge is -2.20. The maximum absolute atomic E-state index is 13.4. The first-order chi connectivity index (χ1) is 14.5. The fraction of sp³-hybridized carbons (Fsp3) is 0.318. The molecular weight excluding hydrogens is 411 g/mol. The molecule has 164 valence electrons. The molecule has 3 aromatic rings. The quantitative estimate of drug-likeness (QED) is 0.662. The maximum Gasteiger partial charge on any atom is 0.438 e. The van der Waals surface area contributed by atoms with Crippen molar-refractivity contribution < 1.29 is 22.7 Å². The number of benzene rings is 2. The highest BCUT2D eigenvalue weighted by molar-refractivity contribution is 5.84. The maximum atomic E-state index is 13.4. The molecular formula is C22H22F3N3O3. The van der Waals surface area contributed by atoms with Crippen molar-refractivity contribution >= 4 is 16.9 Å². The van der Waals surface area contributed by atoms with Gasteiger partial charge >= 0.3 is 6.18 Å². The molecule has 9 heteroatoms. The first kappa shape index (κ1) is 22.3. The lowest BCUT2D eigenvalue weighted by atomic mass is 10.1. The Hall–Kier alpha value is -3.36. The molecule has 1 unspecified atom stereocenters. The average molecular weight is 433 g/mol. The highest BCUT2D eigenvalue weighted by Crippen LogP contribution is 2.28. The molecule has 0 saturated carbocycles. The van der Waals surface area contributed by atoms with E-state index in [2.05, 4.69) is 10.3 Å². The standard InChI is InChI=1S/C22H22F3N3O3/c1-12-9-17-18(10-13(12)2)28(21(30)19(27-17)22(23,24)25)14(3)20(29)26-11-15-5-7-16(31-4)8-6-15/h5-10,14H,11H2,1-4H3,(H,26,29).